The lowest BCUT2D eigenvalue weighted by Crippen LogP contribution is -2.39. The number of rotatable bonds is 2. The predicted octanol–water partition coefficient (Wildman–Crippen LogP) is 3.79. The molecule has 0 saturated heterocycles. The molecule has 1 heterocycles. The van der Waals surface area contributed by atoms with Gasteiger partial charge < -0.3 is 4.74 Å². The molecule has 2 amide bonds. The van der Waals surface area contributed by atoms with Crippen molar-refractivity contribution in [3.63, 3.8) is 0 Å². The molecule has 4 heteroatoms. The second-order valence-electron chi connectivity index (χ2n) is 5.80. The first-order valence-corrected chi connectivity index (χ1v) is 7.73. The summed E-state index contributed by atoms with van der Waals surface area (Å²) in [5, 5.41) is 1.67. The minimum absolute atomic E-state index is 0.201. The SMILES string of the molecule is CN1C(=O)Cc2cc(Oc3ccccc3)c3ccccc3c2C1=O. The van der Waals surface area contributed by atoms with Crippen molar-refractivity contribution < 1.29 is 14.3 Å². The number of nitrogens with zero attached hydrogens (tertiary/aromatic N) is 1. The van der Waals surface area contributed by atoms with Crippen LogP contribution in [-0.4, -0.2) is 23.8 Å². The van der Waals surface area contributed by atoms with Gasteiger partial charge in [0.1, 0.15) is 11.5 Å². The molecule has 0 spiro atoms. The first kappa shape index (κ1) is 14.5. The number of imide groups is 1. The van der Waals surface area contributed by atoms with Gasteiger partial charge in [-0.05, 0) is 29.1 Å². The van der Waals surface area contributed by atoms with Crippen LogP contribution in [0.5, 0.6) is 11.5 Å². The number of likely N-dealkylation sites (N-methyl/N-ethyl adjacent to an activating group) is 1. The second-order valence-corrected chi connectivity index (χ2v) is 5.80. The molecule has 0 saturated carbocycles. The van der Waals surface area contributed by atoms with E-state index in [0.29, 0.717) is 22.6 Å². The molecule has 0 fully saturated rings. The normalized spacial score (nSPS) is 14.0. The van der Waals surface area contributed by atoms with Gasteiger partial charge in [0.15, 0.2) is 0 Å². The van der Waals surface area contributed by atoms with E-state index in [-0.39, 0.29) is 18.2 Å². The Morgan fingerprint density at radius 1 is 0.917 bits per heavy atom. The number of para-hydroxylation sites is 1. The number of fused-ring (bicyclic) bond motifs is 3. The van der Waals surface area contributed by atoms with Gasteiger partial charge in [0, 0.05) is 12.4 Å². The molecule has 0 radical (unpaired) electrons. The third-order valence-corrected chi connectivity index (χ3v) is 4.29. The minimum atomic E-state index is -0.260. The van der Waals surface area contributed by atoms with Crippen molar-refractivity contribution in [2.75, 3.05) is 7.05 Å². The Hall–Kier alpha value is -3.14. The molecule has 0 N–H and O–H groups in total. The standard InChI is InChI=1S/C20H15NO3/c1-21-18(22)12-13-11-17(24-14-7-3-2-4-8-14)15-9-5-6-10-16(15)19(13)20(21)23/h2-11H,12H2,1H3. The Balaban J connectivity index is 1.94. The highest BCUT2D eigenvalue weighted by molar-refractivity contribution is 6.17. The fourth-order valence-corrected chi connectivity index (χ4v) is 3.05. The van der Waals surface area contributed by atoms with Crippen molar-refractivity contribution in [3.05, 3.63) is 71.8 Å². The number of carbonyl (C=O) groups excluding carboxylic acids is 2. The van der Waals surface area contributed by atoms with E-state index >= 15 is 0 Å². The quantitative estimate of drug-likeness (QED) is 0.676. The maximum absolute atomic E-state index is 12.6. The Morgan fingerprint density at radius 3 is 2.33 bits per heavy atom. The van der Waals surface area contributed by atoms with E-state index in [4.69, 9.17) is 4.74 Å². The lowest BCUT2D eigenvalue weighted by atomic mass is 9.92. The summed E-state index contributed by atoms with van der Waals surface area (Å²) in [4.78, 5) is 25.8. The molecule has 0 atom stereocenters. The fourth-order valence-electron chi connectivity index (χ4n) is 3.05. The van der Waals surface area contributed by atoms with Crippen LogP contribution in [0.4, 0.5) is 0 Å². The molecule has 0 aliphatic carbocycles. The van der Waals surface area contributed by atoms with Crippen LogP contribution in [0, 0.1) is 0 Å². The average molecular weight is 317 g/mol. The lowest BCUT2D eigenvalue weighted by molar-refractivity contribution is -0.127. The van der Waals surface area contributed by atoms with Crippen LogP contribution in [0.15, 0.2) is 60.7 Å². The smallest absolute Gasteiger partial charge is 0.261 e. The van der Waals surface area contributed by atoms with Crippen molar-refractivity contribution >= 4 is 22.6 Å². The molecule has 3 aromatic carbocycles. The summed E-state index contributed by atoms with van der Waals surface area (Å²) in [6.45, 7) is 0. The molecule has 24 heavy (non-hydrogen) atoms. The summed E-state index contributed by atoms with van der Waals surface area (Å²) in [7, 11) is 1.52. The largest absolute Gasteiger partial charge is 0.457 e. The van der Waals surface area contributed by atoms with Crippen LogP contribution < -0.4 is 4.74 Å². The summed E-state index contributed by atoms with van der Waals surface area (Å²) in [5.74, 6) is 0.908. The summed E-state index contributed by atoms with van der Waals surface area (Å²) in [6, 6.07) is 18.9. The van der Waals surface area contributed by atoms with E-state index < -0.39 is 0 Å². The van der Waals surface area contributed by atoms with Gasteiger partial charge >= 0.3 is 0 Å². The van der Waals surface area contributed by atoms with Crippen LogP contribution >= 0.6 is 0 Å². The Labute approximate surface area is 139 Å². The first-order valence-electron chi connectivity index (χ1n) is 7.73. The highest BCUT2D eigenvalue weighted by Gasteiger charge is 2.30. The number of hydrogen-bond donors (Lipinski definition) is 0. The van der Waals surface area contributed by atoms with Crippen LogP contribution in [0.3, 0.4) is 0 Å². The molecule has 4 nitrogen and oxygen atoms in total. The molecule has 0 bridgehead atoms. The van der Waals surface area contributed by atoms with E-state index in [9.17, 15) is 9.59 Å². The van der Waals surface area contributed by atoms with Crippen molar-refractivity contribution in [1.29, 1.82) is 0 Å². The van der Waals surface area contributed by atoms with E-state index in [1.807, 2.05) is 60.7 Å². The summed E-state index contributed by atoms with van der Waals surface area (Å²) in [6.07, 6.45) is 0.202. The van der Waals surface area contributed by atoms with Crippen LogP contribution in [0.25, 0.3) is 10.8 Å². The summed E-state index contributed by atoms with van der Waals surface area (Å²) >= 11 is 0. The zero-order valence-corrected chi connectivity index (χ0v) is 13.2. The van der Waals surface area contributed by atoms with E-state index in [1.165, 1.54) is 11.9 Å². The molecule has 0 unspecified atom stereocenters. The van der Waals surface area contributed by atoms with Crippen LogP contribution in [0.1, 0.15) is 15.9 Å². The number of hydrogen-bond acceptors (Lipinski definition) is 3. The number of benzene rings is 3. The monoisotopic (exact) mass is 317 g/mol. The van der Waals surface area contributed by atoms with E-state index in [1.54, 1.807) is 0 Å². The maximum Gasteiger partial charge on any atom is 0.261 e. The molecule has 3 aromatic rings. The average Bonchev–Trinajstić information content (AvgIpc) is 2.60. The molecule has 1 aliphatic rings. The van der Waals surface area contributed by atoms with Crippen molar-refractivity contribution in [1.82, 2.24) is 4.90 Å². The molecule has 0 aromatic heterocycles. The van der Waals surface area contributed by atoms with Crippen LogP contribution in [-0.2, 0) is 11.2 Å². The molecule has 118 valence electrons. The van der Waals surface area contributed by atoms with Gasteiger partial charge in [0.2, 0.25) is 5.91 Å². The number of amides is 2. The fraction of sp³-hybridized carbons (Fsp3) is 0.100. The van der Waals surface area contributed by atoms with E-state index in [0.717, 1.165) is 10.8 Å². The third-order valence-electron chi connectivity index (χ3n) is 4.29. The second kappa shape index (κ2) is 5.49. The van der Waals surface area contributed by atoms with Crippen molar-refractivity contribution in [2.24, 2.45) is 0 Å². The number of carbonyl (C=O) groups is 2. The summed E-state index contributed by atoms with van der Waals surface area (Å²) < 4.78 is 6.02. The zero-order chi connectivity index (χ0) is 16.7. The Bertz CT molecular complexity index is 963. The topological polar surface area (TPSA) is 46.6 Å². The third kappa shape index (κ3) is 2.24. The highest BCUT2D eigenvalue weighted by atomic mass is 16.5. The van der Waals surface area contributed by atoms with Gasteiger partial charge in [0.05, 0.1) is 12.0 Å². The first-order chi connectivity index (χ1) is 11.6. The minimum Gasteiger partial charge on any atom is -0.457 e. The van der Waals surface area contributed by atoms with Gasteiger partial charge in [-0.2, -0.15) is 0 Å². The number of ether oxygens (including phenoxy) is 1. The van der Waals surface area contributed by atoms with Gasteiger partial charge in [-0.3, -0.25) is 14.5 Å². The van der Waals surface area contributed by atoms with Gasteiger partial charge in [-0.25, -0.2) is 0 Å². The molecular weight excluding hydrogens is 302 g/mol. The lowest BCUT2D eigenvalue weighted by Gasteiger charge is -2.25. The van der Waals surface area contributed by atoms with Gasteiger partial charge in [0.25, 0.3) is 5.91 Å². The van der Waals surface area contributed by atoms with Crippen LogP contribution in [0.2, 0.25) is 0 Å². The molecular formula is C20H15NO3. The molecule has 4 rings (SSSR count). The zero-order valence-electron chi connectivity index (χ0n) is 13.2. The van der Waals surface area contributed by atoms with Crippen molar-refractivity contribution in [3.8, 4) is 11.5 Å². The Morgan fingerprint density at radius 2 is 1.58 bits per heavy atom. The molecule has 1 aliphatic heterocycles. The highest BCUT2D eigenvalue weighted by Crippen LogP contribution is 2.36. The van der Waals surface area contributed by atoms with Gasteiger partial charge in [-0.1, -0.05) is 42.5 Å². The summed E-state index contributed by atoms with van der Waals surface area (Å²) in [5.41, 5.74) is 1.31. The maximum atomic E-state index is 12.6. The predicted molar refractivity (Wildman–Crippen MR) is 91.3 cm³/mol. The Kier molecular flexibility index (Phi) is 3.31. The van der Waals surface area contributed by atoms with Crippen molar-refractivity contribution in [2.45, 2.75) is 6.42 Å². The van der Waals surface area contributed by atoms with Gasteiger partial charge in [-0.15, -0.1) is 0 Å². The van der Waals surface area contributed by atoms with E-state index in [2.05, 4.69) is 0 Å².